The monoisotopic (exact) mass is 498 g/mol. The van der Waals surface area contributed by atoms with Gasteiger partial charge in [0.2, 0.25) is 5.91 Å². The number of thiazole rings is 1. The first kappa shape index (κ1) is 24.2. The van der Waals surface area contributed by atoms with Gasteiger partial charge in [0.1, 0.15) is 6.61 Å². The molecule has 0 unspecified atom stereocenters. The van der Waals surface area contributed by atoms with Crippen molar-refractivity contribution in [3.8, 4) is 11.1 Å². The molecule has 1 aromatic carbocycles. The summed E-state index contributed by atoms with van der Waals surface area (Å²) >= 11 is 1.45. The largest absolute Gasteiger partial charge is 0.390 e. The molecule has 0 bridgehead atoms. The molecule has 2 fully saturated rings. The Morgan fingerprint density at radius 2 is 1.97 bits per heavy atom. The summed E-state index contributed by atoms with van der Waals surface area (Å²) in [7, 11) is 1.64. The number of rotatable bonds is 10. The molecule has 10 heteroatoms. The number of hydrogen-bond donors (Lipinski definition) is 2. The van der Waals surface area contributed by atoms with Crippen LogP contribution >= 0.6 is 11.3 Å². The summed E-state index contributed by atoms with van der Waals surface area (Å²) in [6, 6.07) is 5.96. The van der Waals surface area contributed by atoms with Crippen molar-refractivity contribution < 1.29 is 24.1 Å². The van der Waals surface area contributed by atoms with Crippen LogP contribution in [0, 0.1) is 5.92 Å². The molecule has 2 aliphatic carbocycles. The first-order valence-corrected chi connectivity index (χ1v) is 12.8. The fourth-order valence-corrected chi connectivity index (χ4v) is 5.35. The minimum atomic E-state index is -0.388. The Morgan fingerprint density at radius 1 is 1.14 bits per heavy atom. The van der Waals surface area contributed by atoms with Gasteiger partial charge in [0.25, 0.3) is 0 Å². The van der Waals surface area contributed by atoms with Crippen LogP contribution in [-0.4, -0.2) is 64.6 Å². The van der Waals surface area contributed by atoms with Gasteiger partial charge < -0.3 is 24.6 Å². The van der Waals surface area contributed by atoms with Crippen LogP contribution in [0.15, 0.2) is 30.6 Å². The first-order valence-electron chi connectivity index (χ1n) is 12.0. The maximum Gasteiger partial charge on any atom is 0.229 e. The average Bonchev–Trinajstić information content (AvgIpc) is 3.43. The standard InChI is InChI=1S/C25H30N4O5S/c1-32-7-8-33-18-9-16(10-18)24(31)29-25-28-19-6-5-15(11-22(19)35-25)17-12-26-23(27-13-17)14-34-21-4-2-3-20(21)30/h5-6,11-13,16,18,20-21,30H,2-4,7-10,14H2,1H3,(H,28,29,31)/t16-,18+,20-,21-/m0/s1. The highest BCUT2D eigenvalue weighted by atomic mass is 32.1. The zero-order valence-electron chi connectivity index (χ0n) is 19.7. The summed E-state index contributed by atoms with van der Waals surface area (Å²) in [5.74, 6) is 0.549. The zero-order chi connectivity index (χ0) is 24.2. The second-order valence-corrected chi connectivity index (χ2v) is 10.1. The Hall–Kier alpha value is -2.50. The Labute approximate surface area is 207 Å². The molecule has 0 aliphatic heterocycles. The molecule has 2 heterocycles. The lowest BCUT2D eigenvalue weighted by Gasteiger charge is -2.33. The third-order valence-corrected chi connectivity index (χ3v) is 7.54. The number of nitrogens with zero attached hydrogens (tertiary/aromatic N) is 3. The minimum Gasteiger partial charge on any atom is -0.390 e. The molecule has 0 radical (unpaired) electrons. The molecule has 3 aromatic rings. The average molecular weight is 499 g/mol. The Kier molecular flexibility index (Phi) is 7.64. The zero-order valence-corrected chi connectivity index (χ0v) is 20.5. The Balaban J connectivity index is 1.16. The molecule has 0 spiro atoms. The molecular formula is C25H30N4O5S. The van der Waals surface area contributed by atoms with Crippen LogP contribution in [0.1, 0.15) is 37.9 Å². The number of hydrogen-bond acceptors (Lipinski definition) is 9. The van der Waals surface area contributed by atoms with Gasteiger partial charge in [0.15, 0.2) is 11.0 Å². The molecule has 2 saturated carbocycles. The van der Waals surface area contributed by atoms with Crippen molar-refractivity contribution in [3.63, 3.8) is 0 Å². The van der Waals surface area contributed by atoms with Crippen LogP contribution in [0.2, 0.25) is 0 Å². The highest BCUT2D eigenvalue weighted by molar-refractivity contribution is 7.22. The van der Waals surface area contributed by atoms with E-state index in [0.717, 1.165) is 53.4 Å². The molecular weight excluding hydrogens is 468 g/mol. The fourth-order valence-electron chi connectivity index (χ4n) is 4.44. The Bertz CT molecular complexity index is 1150. The SMILES string of the molecule is COCCO[C@H]1C[C@@H](C(=O)Nc2nc3ccc(-c4cnc(CO[C@H]5CCC[C@@H]5O)nc4)cc3s2)C1. The maximum atomic E-state index is 12.6. The molecule has 186 valence electrons. The quantitative estimate of drug-likeness (QED) is 0.408. The summed E-state index contributed by atoms with van der Waals surface area (Å²) < 4.78 is 17.4. The molecule has 2 atom stereocenters. The second-order valence-electron chi connectivity index (χ2n) is 9.08. The van der Waals surface area contributed by atoms with Gasteiger partial charge in [-0.2, -0.15) is 0 Å². The van der Waals surface area contributed by atoms with E-state index in [4.69, 9.17) is 14.2 Å². The predicted octanol–water partition coefficient (Wildman–Crippen LogP) is 3.56. The number of carbonyl (C=O) groups is 1. The van der Waals surface area contributed by atoms with Crippen LogP contribution < -0.4 is 5.32 Å². The van der Waals surface area contributed by atoms with Crippen LogP contribution in [0.4, 0.5) is 5.13 Å². The molecule has 2 aromatic heterocycles. The summed E-state index contributed by atoms with van der Waals surface area (Å²) in [4.78, 5) is 26.0. The first-order chi connectivity index (χ1) is 17.1. The summed E-state index contributed by atoms with van der Waals surface area (Å²) in [6.07, 6.45) is 7.30. The van der Waals surface area contributed by atoms with Gasteiger partial charge in [-0.1, -0.05) is 17.4 Å². The van der Waals surface area contributed by atoms with E-state index in [9.17, 15) is 9.90 Å². The van der Waals surface area contributed by atoms with E-state index in [1.54, 1.807) is 19.5 Å². The third kappa shape index (κ3) is 5.84. The lowest BCUT2D eigenvalue weighted by Crippen LogP contribution is -2.39. The fraction of sp³-hybridized carbons (Fsp3) is 0.520. The van der Waals surface area contributed by atoms with Crippen molar-refractivity contribution in [3.05, 3.63) is 36.4 Å². The van der Waals surface area contributed by atoms with E-state index in [-0.39, 0.29) is 30.1 Å². The normalized spacial score (nSPS) is 23.9. The number of methoxy groups -OCH3 is 1. The lowest BCUT2D eigenvalue weighted by molar-refractivity contribution is -0.129. The van der Waals surface area contributed by atoms with Gasteiger partial charge in [-0.05, 0) is 49.8 Å². The second kappa shape index (κ2) is 11.0. The molecule has 1 amide bonds. The molecule has 2 aliphatic rings. The van der Waals surface area contributed by atoms with Crippen molar-refractivity contribution in [1.82, 2.24) is 15.0 Å². The number of aromatic nitrogens is 3. The number of aliphatic hydroxyl groups is 1. The number of carbonyl (C=O) groups excluding carboxylic acids is 1. The van der Waals surface area contributed by atoms with Crippen molar-refractivity contribution in [1.29, 1.82) is 0 Å². The highest BCUT2D eigenvalue weighted by Gasteiger charge is 2.35. The summed E-state index contributed by atoms with van der Waals surface area (Å²) in [6.45, 7) is 1.42. The summed E-state index contributed by atoms with van der Waals surface area (Å²) in [5.41, 5.74) is 2.71. The Morgan fingerprint density at radius 3 is 2.71 bits per heavy atom. The predicted molar refractivity (Wildman–Crippen MR) is 132 cm³/mol. The molecule has 35 heavy (non-hydrogen) atoms. The number of aliphatic hydroxyl groups excluding tert-OH is 1. The molecule has 2 N–H and O–H groups in total. The van der Waals surface area contributed by atoms with Gasteiger partial charge >= 0.3 is 0 Å². The van der Waals surface area contributed by atoms with Crippen LogP contribution in [0.3, 0.4) is 0 Å². The highest BCUT2D eigenvalue weighted by Crippen LogP contribution is 2.34. The van der Waals surface area contributed by atoms with E-state index in [0.29, 0.717) is 30.8 Å². The minimum absolute atomic E-state index is 0.00722. The van der Waals surface area contributed by atoms with Gasteiger partial charge in [-0.25, -0.2) is 15.0 Å². The number of ether oxygens (including phenoxy) is 3. The number of nitrogens with one attached hydrogen (secondary N) is 1. The maximum absolute atomic E-state index is 12.6. The number of fused-ring (bicyclic) bond motifs is 1. The smallest absolute Gasteiger partial charge is 0.229 e. The van der Waals surface area contributed by atoms with E-state index in [1.165, 1.54) is 11.3 Å². The van der Waals surface area contributed by atoms with Gasteiger partial charge in [-0.15, -0.1) is 0 Å². The van der Waals surface area contributed by atoms with Crippen molar-refractivity contribution in [2.24, 2.45) is 5.92 Å². The number of benzene rings is 1. The van der Waals surface area contributed by atoms with Crippen LogP contribution in [0.25, 0.3) is 21.3 Å². The number of amides is 1. The lowest BCUT2D eigenvalue weighted by atomic mass is 9.81. The van der Waals surface area contributed by atoms with Gasteiger partial charge in [-0.3, -0.25) is 4.79 Å². The third-order valence-electron chi connectivity index (χ3n) is 6.61. The topological polar surface area (TPSA) is 116 Å². The van der Waals surface area contributed by atoms with Crippen molar-refractivity contribution >= 4 is 32.6 Å². The number of anilines is 1. The van der Waals surface area contributed by atoms with E-state index < -0.39 is 0 Å². The van der Waals surface area contributed by atoms with Crippen LogP contribution in [-0.2, 0) is 25.6 Å². The summed E-state index contributed by atoms with van der Waals surface area (Å²) in [5, 5.41) is 13.4. The van der Waals surface area contributed by atoms with E-state index in [1.807, 2.05) is 18.2 Å². The van der Waals surface area contributed by atoms with Crippen molar-refractivity contribution in [2.45, 2.75) is 57.0 Å². The van der Waals surface area contributed by atoms with E-state index >= 15 is 0 Å². The van der Waals surface area contributed by atoms with Crippen LogP contribution in [0.5, 0.6) is 0 Å². The molecule has 5 rings (SSSR count). The molecule has 0 saturated heterocycles. The van der Waals surface area contributed by atoms with Gasteiger partial charge in [0.05, 0.1) is 41.7 Å². The van der Waals surface area contributed by atoms with E-state index in [2.05, 4.69) is 20.3 Å². The molecule has 9 nitrogen and oxygen atoms in total. The van der Waals surface area contributed by atoms with Crippen molar-refractivity contribution in [2.75, 3.05) is 25.6 Å². The van der Waals surface area contributed by atoms with Gasteiger partial charge in [0, 0.05) is 31.0 Å².